The molecule has 0 saturated heterocycles. The van der Waals surface area contributed by atoms with Gasteiger partial charge in [-0.25, -0.2) is 0 Å². The van der Waals surface area contributed by atoms with Gasteiger partial charge in [-0.3, -0.25) is 0 Å². The van der Waals surface area contributed by atoms with E-state index in [-0.39, 0.29) is 0 Å². The van der Waals surface area contributed by atoms with Crippen LogP contribution in [0.5, 0.6) is 0 Å². The third kappa shape index (κ3) is 11.7. The molecule has 0 N–H and O–H groups in total. The van der Waals surface area contributed by atoms with Crippen molar-refractivity contribution in [2.45, 2.75) is 125 Å². The number of unbranched alkanes of at least 4 members (excludes halogenated alkanes) is 6. The van der Waals surface area contributed by atoms with Gasteiger partial charge in [0.25, 0.3) is 0 Å². The van der Waals surface area contributed by atoms with Gasteiger partial charge in [0.05, 0.1) is 0 Å². The second kappa shape index (κ2) is 16.0. The molecule has 23 heavy (non-hydrogen) atoms. The molecule has 0 aromatic heterocycles. The van der Waals surface area contributed by atoms with Gasteiger partial charge in [0, 0.05) is 0 Å². The average molecular weight is 429 g/mol. The van der Waals surface area contributed by atoms with Crippen molar-refractivity contribution in [2.24, 2.45) is 0 Å². The van der Waals surface area contributed by atoms with Gasteiger partial charge in [0.15, 0.2) is 0 Å². The predicted molar refractivity (Wildman–Crippen MR) is 112 cm³/mol. The van der Waals surface area contributed by atoms with E-state index in [0.29, 0.717) is 0 Å². The van der Waals surface area contributed by atoms with Crippen LogP contribution < -0.4 is 0 Å². The maximum atomic E-state index is 2.99. The Morgan fingerprint density at radius 3 is 1.48 bits per heavy atom. The van der Waals surface area contributed by atoms with E-state index in [2.05, 4.69) is 38.7 Å². The summed E-state index contributed by atoms with van der Waals surface area (Å²) in [5.41, 5.74) is 1.85. The van der Waals surface area contributed by atoms with Gasteiger partial charge in [0.2, 0.25) is 0 Å². The third-order valence-corrected chi connectivity index (χ3v) is 19.9. The monoisotopic (exact) mass is 430 g/mol. The molecule has 0 fully saturated rings. The maximum absolute atomic E-state index is 2.99. The quantitative estimate of drug-likeness (QED) is 0.170. The van der Waals surface area contributed by atoms with Crippen molar-refractivity contribution in [3.05, 3.63) is 9.67 Å². The first kappa shape index (κ1) is 23.5. The molecule has 0 unspecified atom stereocenters. The van der Waals surface area contributed by atoms with E-state index in [1.165, 1.54) is 77.0 Å². The third-order valence-electron chi connectivity index (χ3n) is 5.40. The summed E-state index contributed by atoms with van der Waals surface area (Å²) in [4.78, 5) is 0. The predicted octanol–water partition coefficient (Wildman–Crippen LogP) is 8.68. The zero-order valence-electron chi connectivity index (χ0n) is 17.2. The van der Waals surface area contributed by atoms with Gasteiger partial charge in [-0.15, -0.1) is 0 Å². The van der Waals surface area contributed by atoms with Gasteiger partial charge in [0.1, 0.15) is 0 Å². The van der Waals surface area contributed by atoms with E-state index >= 15 is 0 Å². The molecule has 0 rings (SSSR count). The standard InChI is InChI=1S/C10H19.3C4H9.Sn/c1-4-6-7-8-9-10(3)5-2;3*1-3-4-2;/h3H,4-9H2,1-2H3;3*1,3-4H2,2H3;. The van der Waals surface area contributed by atoms with E-state index in [1.807, 2.05) is 5.57 Å². The summed E-state index contributed by atoms with van der Waals surface area (Å²) in [5.74, 6) is 0. The topological polar surface area (TPSA) is 0 Å². The SMILES string of the molecule is CCCCCC/C(=[CH]/[Sn]([CH2]CCC)([CH2]CCC)[CH2]CCC)CC. The van der Waals surface area contributed by atoms with Crippen LogP contribution in [0, 0.1) is 0 Å². The van der Waals surface area contributed by atoms with E-state index < -0.39 is 18.4 Å². The molecule has 0 aliphatic rings. The van der Waals surface area contributed by atoms with Crippen molar-refractivity contribution in [3.8, 4) is 0 Å². The van der Waals surface area contributed by atoms with Crippen LogP contribution in [0.3, 0.4) is 0 Å². The van der Waals surface area contributed by atoms with Gasteiger partial charge >= 0.3 is 153 Å². The molecule has 0 aliphatic heterocycles. The van der Waals surface area contributed by atoms with Crippen LogP contribution in [-0.4, -0.2) is 18.4 Å². The van der Waals surface area contributed by atoms with Crippen molar-refractivity contribution in [3.63, 3.8) is 0 Å². The summed E-state index contributed by atoms with van der Waals surface area (Å²) in [6.07, 6.45) is 17.0. The fraction of sp³-hybridized carbons (Fsp3) is 0.909. The summed E-state index contributed by atoms with van der Waals surface area (Å²) in [7, 11) is 0. The Labute approximate surface area is 152 Å². The van der Waals surface area contributed by atoms with Gasteiger partial charge in [-0.2, -0.15) is 0 Å². The van der Waals surface area contributed by atoms with Crippen LogP contribution >= 0.6 is 0 Å². The Bertz CT molecular complexity index is 258. The van der Waals surface area contributed by atoms with Crippen molar-refractivity contribution < 1.29 is 0 Å². The Balaban J connectivity index is 5.01. The molecule has 0 nitrogen and oxygen atoms in total. The molecule has 0 heterocycles. The van der Waals surface area contributed by atoms with Gasteiger partial charge in [-0.1, -0.05) is 0 Å². The summed E-state index contributed by atoms with van der Waals surface area (Å²) in [6.45, 7) is 11.9. The molecule has 0 saturated carbocycles. The van der Waals surface area contributed by atoms with Crippen LogP contribution in [0.15, 0.2) is 9.67 Å². The van der Waals surface area contributed by atoms with Crippen molar-refractivity contribution in [1.82, 2.24) is 0 Å². The van der Waals surface area contributed by atoms with Crippen molar-refractivity contribution in [2.75, 3.05) is 0 Å². The first-order chi connectivity index (χ1) is 11.2. The normalized spacial score (nSPS) is 12.8. The molecule has 0 aromatic rings. The molecule has 0 aromatic carbocycles. The molecule has 0 atom stereocenters. The minimum absolute atomic E-state index is 1.31. The van der Waals surface area contributed by atoms with E-state index in [1.54, 1.807) is 13.3 Å². The van der Waals surface area contributed by atoms with Crippen LogP contribution in [0.2, 0.25) is 13.3 Å². The van der Waals surface area contributed by atoms with Gasteiger partial charge in [-0.05, 0) is 0 Å². The first-order valence-corrected chi connectivity index (χ1v) is 18.6. The number of hydrogen-bond donors (Lipinski definition) is 0. The van der Waals surface area contributed by atoms with E-state index in [9.17, 15) is 0 Å². The second-order valence-corrected chi connectivity index (χ2v) is 20.5. The first-order valence-electron chi connectivity index (χ1n) is 10.9. The Hall–Kier alpha value is 0.539. The van der Waals surface area contributed by atoms with Crippen molar-refractivity contribution in [1.29, 1.82) is 0 Å². The fourth-order valence-corrected chi connectivity index (χ4v) is 19.6. The molecule has 0 bridgehead atoms. The molecule has 138 valence electrons. The number of allylic oxidation sites excluding steroid dienone is 1. The number of hydrogen-bond acceptors (Lipinski definition) is 0. The summed E-state index contributed by atoms with van der Waals surface area (Å²) < 4.78 is 7.87. The fourth-order valence-electron chi connectivity index (χ4n) is 3.74. The van der Waals surface area contributed by atoms with Gasteiger partial charge < -0.3 is 0 Å². The molecular weight excluding hydrogens is 383 g/mol. The summed E-state index contributed by atoms with van der Waals surface area (Å²) in [5, 5.41) is 0. The molecule has 1 heteroatoms. The van der Waals surface area contributed by atoms with Crippen LogP contribution in [0.4, 0.5) is 0 Å². The Morgan fingerprint density at radius 1 is 0.609 bits per heavy atom. The summed E-state index contributed by atoms with van der Waals surface area (Å²) in [6, 6.07) is 0. The van der Waals surface area contributed by atoms with Crippen LogP contribution in [0.25, 0.3) is 0 Å². The Morgan fingerprint density at radius 2 is 1.09 bits per heavy atom. The zero-order chi connectivity index (χ0) is 17.4. The molecule has 0 amide bonds. The Kier molecular flexibility index (Phi) is 16.4. The molecular formula is C22H46Sn. The minimum atomic E-state index is -2.04. The zero-order valence-corrected chi connectivity index (χ0v) is 20.0. The van der Waals surface area contributed by atoms with Crippen LogP contribution in [-0.2, 0) is 0 Å². The average Bonchev–Trinajstić information content (AvgIpc) is 2.58. The number of rotatable bonds is 16. The van der Waals surface area contributed by atoms with Crippen LogP contribution in [0.1, 0.15) is 112 Å². The van der Waals surface area contributed by atoms with E-state index in [4.69, 9.17) is 0 Å². The summed E-state index contributed by atoms with van der Waals surface area (Å²) >= 11 is -2.04. The molecule has 0 radical (unpaired) electrons. The molecule has 0 spiro atoms. The van der Waals surface area contributed by atoms with E-state index in [0.717, 1.165) is 0 Å². The van der Waals surface area contributed by atoms with Crippen molar-refractivity contribution >= 4 is 18.4 Å². The second-order valence-electron chi connectivity index (χ2n) is 7.64. The molecule has 0 aliphatic carbocycles.